The maximum absolute atomic E-state index is 12.4. The van der Waals surface area contributed by atoms with Crippen LogP contribution < -0.4 is 19.9 Å². The summed E-state index contributed by atoms with van der Waals surface area (Å²) >= 11 is 0. The summed E-state index contributed by atoms with van der Waals surface area (Å²) in [5.41, 5.74) is 3.48. The van der Waals surface area contributed by atoms with Gasteiger partial charge in [-0.2, -0.15) is 0 Å². The molecule has 1 aliphatic rings. The number of amides is 1. The molecule has 1 saturated heterocycles. The van der Waals surface area contributed by atoms with Gasteiger partial charge in [0.05, 0.1) is 7.11 Å². The highest BCUT2D eigenvalue weighted by Gasteiger charge is 2.25. The van der Waals surface area contributed by atoms with E-state index in [1.165, 1.54) is 16.0 Å². The quantitative estimate of drug-likeness (QED) is 0.652. The summed E-state index contributed by atoms with van der Waals surface area (Å²) in [6.45, 7) is 7.96. The summed E-state index contributed by atoms with van der Waals surface area (Å²) in [6, 6.07) is 16.4. The standard InChI is InChI=1S/C22H29N3O2/c1-3-19-6-4-5-7-21(19)23-22(26)17-25-14-12-24(13-15-25)16-18-8-10-20(27-2)11-9-18/h4-11H,3,12-17H2,1-2H3,(H,23,26)/p+2. The highest BCUT2D eigenvalue weighted by molar-refractivity contribution is 5.92. The van der Waals surface area contributed by atoms with Gasteiger partial charge in [0.2, 0.25) is 0 Å². The largest absolute Gasteiger partial charge is 0.497 e. The molecule has 0 spiro atoms. The maximum Gasteiger partial charge on any atom is 0.279 e. The highest BCUT2D eigenvalue weighted by atomic mass is 16.5. The van der Waals surface area contributed by atoms with Crippen LogP contribution in [0.1, 0.15) is 18.1 Å². The van der Waals surface area contributed by atoms with Crippen molar-refractivity contribution >= 4 is 11.6 Å². The van der Waals surface area contributed by atoms with Crippen LogP contribution in [0.5, 0.6) is 5.75 Å². The number of hydrogen-bond donors (Lipinski definition) is 3. The van der Waals surface area contributed by atoms with Gasteiger partial charge in [-0.3, -0.25) is 4.79 Å². The molecule has 5 nitrogen and oxygen atoms in total. The lowest BCUT2D eigenvalue weighted by Gasteiger charge is -2.29. The lowest BCUT2D eigenvalue weighted by Crippen LogP contribution is -3.28. The lowest BCUT2D eigenvalue weighted by molar-refractivity contribution is -1.02. The fraction of sp³-hybridized carbons (Fsp3) is 0.409. The number of para-hydroxylation sites is 1. The highest BCUT2D eigenvalue weighted by Crippen LogP contribution is 2.14. The molecule has 2 aromatic rings. The molecular weight excluding hydrogens is 338 g/mol. The maximum atomic E-state index is 12.4. The van der Waals surface area contributed by atoms with Crippen molar-refractivity contribution in [1.82, 2.24) is 0 Å². The lowest BCUT2D eigenvalue weighted by atomic mass is 10.1. The molecule has 2 aromatic carbocycles. The van der Waals surface area contributed by atoms with Crippen LogP contribution in [0.3, 0.4) is 0 Å². The Morgan fingerprint density at radius 3 is 2.33 bits per heavy atom. The van der Waals surface area contributed by atoms with E-state index in [9.17, 15) is 4.79 Å². The molecule has 0 radical (unpaired) electrons. The van der Waals surface area contributed by atoms with Crippen LogP contribution >= 0.6 is 0 Å². The molecule has 1 fully saturated rings. The molecule has 5 heteroatoms. The van der Waals surface area contributed by atoms with E-state index >= 15 is 0 Å². The normalized spacial score (nSPS) is 19.5. The third-order valence-electron chi connectivity index (χ3n) is 5.36. The molecular formula is C22H31N3O2+2. The van der Waals surface area contributed by atoms with Crippen LogP contribution in [0.15, 0.2) is 48.5 Å². The summed E-state index contributed by atoms with van der Waals surface area (Å²) < 4.78 is 5.22. The predicted octanol–water partition coefficient (Wildman–Crippen LogP) is 0.180. The number of rotatable bonds is 7. The Bertz CT molecular complexity index is 737. The molecule has 27 heavy (non-hydrogen) atoms. The zero-order valence-electron chi connectivity index (χ0n) is 16.4. The molecule has 144 valence electrons. The number of ether oxygens (including phenoxy) is 1. The molecule has 1 aliphatic heterocycles. The number of aryl methyl sites for hydroxylation is 1. The van der Waals surface area contributed by atoms with Crippen molar-refractivity contribution in [3.05, 3.63) is 59.7 Å². The van der Waals surface area contributed by atoms with Crippen molar-refractivity contribution in [2.75, 3.05) is 45.2 Å². The zero-order chi connectivity index (χ0) is 19.1. The van der Waals surface area contributed by atoms with Crippen LogP contribution in [0.25, 0.3) is 0 Å². The molecule has 3 N–H and O–H groups in total. The van der Waals surface area contributed by atoms with Gasteiger partial charge in [-0.15, -0.1) is 0 Å². The van der Waals surface area contributed by atoms with Gasteiger partial charge in [0.25, 0.3) is 5.91 Å². The number of quaternary nitrogens is 2. The minimum absolute atomic E-state index is 0.115. The zero-order valence-corrected chi connectivity index (χ0v) is 16.4. The number of carbonyl (C=O) groups is 1. The van der Waals surface area contributed by atoms with Gasteiger partial charge in [-0.05, 0) is 42.3 Å². The van der Waals surface area contributed by atoms with Crippen molar-refractivity contribution in [3.8, 4) is 5.75 Å². The number of carbonyl (C=O) groups excluding carboxylic acids is 1. The number of anilines is 1. The summed E-state index contributed by atoms with van der Waals surface area (Å²) in [5, 5.41) is 3.09. The van der Waals surface area contributed by atoms with E-state index in [4.69, 9.17) is 4.74 Å². The minimum atomic E-state index is 0.115. The summed E-state index contributed by atoms with van der Waals surface area (Å²) in [5.74, 6) is 1.02. The van der Waals surface area contributed by atoms with E-state index in [1.807, 2.05) is 30.3 Å². The van der Waals surface area contributed by atoms with Gasteiger partial charge in [0.15, 0.2) is 6.54 Å². The average Bonchev–Trinajstić information content (AvgIpc) is 2.70. The minimum Gasteiger partial charge on any atom is -0.497 e. The van der Waals surface area contributed by atoms with Gasteiger partial charge < -0.3 is 19.9 Å². The Balaban J connectivity index is 1.44. The third kappa shape index (κ3) is 5.55. The second kappa shape index (κ2) is 9.53. The van der Waals surface area contributed by atoms with Crippen molar-refractivity contribution < 1.29 is 19.3 Å². The monoisotopic (exact) mass is 369 g/mol. The molecule has 0 saturated carbocycles. The smallest absolute Gasteiger partial charge is 0.279 e. The van der Waals surface area contributed by atoms with Crippen molar-refractivity contribution in [2.24, 2.45) is 0 Å². The number of methoxy groups -OCH3 is 1. The first-order valence-corrected chi connectivity index (χ1v) is 9.85. The molecule has 0 aliphatic carbocycles. The Morgan fingerprint density at radius 1 is 1.00 bits per heavy atom. The average molecular weight is 370 g/mol. The van der Waals surface area contributed by atoms with Crippen molar-refractivity contribution in [3.63, 3.8) is 0 Å². The van der Waals surface area contributed by atoms with E-state index in [0.717, 1.165) is 50.6 Å². The Hall–Kier alpha value is -2.37. The van der Waals surface area contributed by atoms with Crippen LogP contribution in [0.4, 0.5) is 5.69 Å². The van der Waals surface area contributed by atoms with Gasteiger partial charge >= 0.3 is 0 Å². The fourth-order valence-corrected chi connectivity index (χ4v) is 3.71. The number of piperazine rings is 1. The molecule has 0 atom stereocenters. The SMILES string of the molecule is CCc1ccccc1NC(=O)C[NH+]1CC[NH+](Cc2ccc(OC)cc2)CC1. The van der Waals surface area contributed by atoms with Crippen LogP contribution in [-0.4, -0.2) is 45.7 Å². The van der Waals surface area contributed by atoms with Crippen LogP contribution in [0.2, 0.25) is 0 Å². The van der Waals surface area contributed by atoms with Gasteiger partial charge in [-0.25, -0.2) is 0 Å². The van der Waals surface area contributed by atoms with E-state index in [1.54, 1.807) is 12.0 Å². The third-order valence-corrected chi connectivity index (χ3v) is 5.36. The topological polar surface area (TPSA) is 47.2 Å². The number of benzene rings is 2. The first-order chi connectivity index (χ1) is 13.2. The van der Waals surface area contributed by atoms with Crippen molar-refractivity contribution in [1.29, 1.82) is 0 Å². The van der Waals surface area contributed by atoms with Gasteiger partial charge in [0.1, 0.15) is 38.5 Å². The molecule has 3 rings (SSSR count). The van der Waals surface area contributed by atoms with Crippen molar-refractivity contribution in [2.45, 2.75) is 19.9 Å². The Morgan fingerprint density at radius 2 is 1.67 bits per heavy atom. The summed E-state index contributed by atoms with van der Waals surface area (Å²) in [6.07, 6.45) is 0.927. The van der Waals surface area contributed by atoms with Crippen LogP contribution in [-0.2, 0) is 17.8 Å². The molecule has 0 aromatic heterocycles. The summed E-state index contributed by atoms with van der Waals surface area (Å²) in [4.78, 5) is 15.4. The van der Waals surface area contributed by atoms with E-state index in [-0.39, 0.29) is 5.91 Å². The fourth-order valence-electron chi connectivity index (χ4n) is 3.71. The summed E-state index contributed by atoms with van der Waals surface area (Å²) in [7, 11) is 1.69. The second-order valence-electron chi connectivity index (χ2n) is 7.26. The van der Waals surface area contributed by atoms with Gasteiger partial charge in [0, 0.05) is 11.3 Å². The molecule has 0 unspecified atom stereocenters. The molecule has 1 heterocycles. The molecule has 1 amide bonds. The Kier molecular flexibility index (Phi) is 6.85. The van der Waals surface area contributed by atoms with E-state index in [0.29, 0.717) is 6.54 Å². The predicted molar refractivity (Wildman–Crippen MR) is 107 cm³/mol. The first-order valence-electron chi connectivity index (χ1n) is 9.85. The Labute approximate surface area is 161 Å². The van der Waals surface area contributed by atoms with E-state index in [2.05, 4.69) is 30.4 Å². The molecule has 0 bridgehead atoms. The van der Waals surface area contributed by atoms with Gasteiger partial charge in [-0.1, -0.05) is 25.1 Å². The van der Waals surface area contributed by atoms with E-state index < -0.39 is 0 Å². The number of nitrogens with one attached hydrogen (secondary N) is 3. The van der Waals surface area contributed by atoms with Crippen LogP contribution in [0, 0.1) is 0 Å². The number of hydrogen-bond acceptors (Lipinski definition) is 2. The first kappa shape index (κ1) is 19.4. The second-order valence-corrected chi connectivity index (χ2v) is 7.26.